The molecule has 9 heteroatoms. The van der Waals surface area contributed by atoms with E-state index in [1.54, 1.807) is 28.3 Å². The maximum absolute atomic E-state index is 9.42. The second kappa shape index (κ2) is 7.23. The van der Waals surface area contributed by atoms with Crippen LogP contribution in [0.3, 0.4) is 0 Å². The van der Waals surface area contributed by atoms with Crippen LogP contribution >= 0.6 is 23.1 Å². The number of aliphatic hydroxyl groups excluding tert-OH is 1. The zero-order valence-electron chi connectivity index (χ0n) is 15.3. The Kier molecular flexibility index (Phi) is 4.58. The van der Waals surface area contributed by atoms with Crippen molar-refractivity contribution in [3.8, 4) is 11.4 Å². The van der Waals surface area contributed by atoms with Crippen LogP contribution in [0, 0.1) is 0 Å². The lowest BCUT2D eigenvalue weighted by Crippen LogP contribution is -2.01. The van der Waals surface area contributed by atoms with Gasteiger partial charge in [0.15, 0.2) is 16.8 Å². The number of aliphatic hydroxyl groups is 1. The molecular formula is C19H18N6OS2. The summed E-state index contributed by atoms with van der Waals surface area (Å²) >= 11 is 3.26. The van der Waals surface area contributed by atoms with E-state index in [2.05, 4.69) is 15.2 Å². The number of nitrogens with zero attached hydrogens (tertiary/aromatic N) is 6. The summed E-state index contributed by atoms with van der Waals surface area (Å²) in [6, 6.07) is 3.87. The van der Waals surface area contributed by atoms with Crippen molar-refractivity contribution in [3.63, 3.8) is 0 Å². The summed E-state index contributed by atoms with van der Waals surface area (Å²) in [6.07, 6.45) is 8.15. The second-order valence-electron chi connectivity index (χ2n) is 6.70. The Labute approximate surface area is 169 Å². The molecule has 0 radical (unpaired) electrons. The molecule has 0 atom stereocenters. The standard InChI is InChI=1S/C19H18N6OS2/c1-25-14(10-26)23-24-19(25)28-18-15-12-6-2-3-7-13(12)27-17(15)21-16(22-18)11-5-4-8-20-9-11/h4-5,8-9,26H,2-3,6-7,10H2,1H3. The highest BCUT2D eigenvalue weighted by molar-refractivity contribution is 7.99. The molecule has 4 heterocycles. The van der Waals surface area contributed by atoms with Crippen LogP contribution in [0.25, 0.3) is 21.6 Å². The number of aryl methyl sites for hydroxylation is 2. The lowest BCUT2D eigenvalue weighted by molar-refractivity contribution is 0.266. The van der Waals surface area contributed by atoms with Crippen LogP contribution < -0.4 is 0 Å². The highest BCUT2D eigenvalue weighted by Crippen LogP contribution is 2.42. The monoisotopic (exact) mass is 410 g/mol. The van der Waals surface area contributed by atoms with Gasteiger partial charge in [-0.1, -0.05) is 0 Å². The van der Waals surface area contributed by atoms with Crippen molar-refractivity contribution in [2.45, 2.75) is 42.5 Å². The smallest absolute Gasteiger partial charge is 0.197 e. The molecule has 0 spiro atoms. The van der Waals surface area contributed by atoms with E-state index < -0.39 is 0 Å². The van der Waals surface area contributed by atoms with E-state index in [9.17, 15) is 5.11 Å². The molecule has 0 aromatic carbocycles. The summed E-state index contributed by atoms with van der Waals surface area (Å²) in [5.41, 5.74) is 2.28. The van der Waals surface area contributed by atoms with Gasteiger partial charge in [-0.05, 0) is 55.1 Å². The number of rotatable bonds is 4. The Bertz CT molecular complexity index is 1150. The Morgan fingerprint density at radius 3 is 2.89 bits per heavy atom. The Hall–Kier alpha value is -2.36. The molecule has 5 rings (SSSR count). The molecule has 7 nitrogen and oxygen atoms in total. The first kappa shape index (κ1) is 17.7. The molecule has 142 valence electrons. The molecule has 0 saturated heterocycles. The summed E-state index contributed by atoms with van der Waals surface area (Å²) in [7, 11) is 1.86. The van der Waals surface area contributed by atoms with Gasteiger partial charge in [-0.3, -0.25) is 4.98 Å². The van der Waals surface area contributed by atoms with Crippen LogP contribution in [0.5, 0.6) is 0 Å². The largest absolute Gasteiger partial charge is 0.388 e. The van der Waals surface area contributed by atoms with E-state index >= 15 is 0 Å². The van der Waals surface area contributed by atoms with Gasteiger partial charge < -0.3 is 9.67 Å². The normalized spacial score (nSPS) is 13.8. The van der Waals surface area contributed by atoms with E-state index in [1.165, 1.54) is 35.0 Å². The van der Waals surface area contributed by atoms with Gasteiger partial charge in [-0.25, -0.2) is 9.97 Å². The van der Waals surface area contributed by atoms with Crippen LogP contribution in [0.15, 0.2) is 34.7 Å². The molecule has 0 bridgehead atoms. The molecule has 4 aromatic heterocycles. The van der Waals surface area contributed by atoms with Crippen molar-refractivity contribution in [2.75, 3.05) is 0 Å². The van der Waals surface area contributed by atoms with E-state index in [0.29, 0.717) is 16.8 Å². The number of hydrogen-bond acceptors (Lipinski definition) is 8. The number of fused-ring (bicyclic) bond motifs is 3. The fourth-order valence-electron chi connectivity index (χ4n) is 3.48. The SMILES string of the molecule is Cn1c(CO)nnc1Sc1nc(-c2cccnc2)nc2sc3c(c12)CCCC3. The number of pyridine rings is 1. The molecule has 0 amide bonds. The average Bonchev–Trinajstić information content (AvgIpc) is 3.28. The molecular weight excluding hydrogens is 392 g/mol. The Morgan fingerprint density at radius 2 is 2.11 bits per heavy atom. The fraction of sp³-hybridized carbons (Fsp3) is 0.316. The van der Waals surface area contributed by atoms with Crippen LogP contribution in [-0.4, -0.2) is 34.8 Å². The van der Waals surface area contributed by atoms with Crippen LogP contribution in [-0.2, 0) is 26.5 Å². The Balaban J connectivity index is 1.70. The van der Waals surface area contributed by atoms with Gasteiger partial charge in [0.25, 0.3) is 0 Å². The maximum Gasteiger partial charge on any atom is 0.197 e. The molecule has 0 aliphatic heterocycles. The summed E-state index contributed by atoms with van der Waals surface area (Å²) in [4.78, 5) is 16.4. The molecule has 0 unspecified atom stereocenters. The van der Waals surface area contributed by atoms with Crippen LogP contribution in [0.2, 0.25) is 0 Å². The second-order valence-corrected chi connectivity index (χ2v) is 8.74. The third-order valence-electron chi connectivity index (χ3n) is 4.96. The van der Waals surface area contributed by atoms with Gasteiger partial charge in [0.05, 0.1) is 0 Å². The molecule has 1 aliphatic carbocycles. The first-order chi connectivity index (χ1) is 13.7. The third-order valence-corrected chi connectivity index (χ3v) is 7.17. The molecule has 4 aromatic rings. The van der Waals surface area contributed by atoms with E-state index in [4.69, 9.17) is 9.97 Å². The molecule has 1 aliphatic rings. The molecule has 28 heavy (non-hydrogen) atoms. The highest BCUT2D eigenvalue weighted by Gasteiger charge is 2.23. The van der Waals surface area contributed by atoms with E-state index in [0.717, 1.165) is 33.6 Å². The van der Waals surface area contributed by atoms with Crippen molar-refractivity contribution in [1.82, 2.24) is 29.7 Å². The minimum absolute atomic E-state index is 0.141. The number of aromatic nitrogens is 6. The molecule has 0 fully saturated rings. The summed E-state index contributed by atoms with van der Waals surface area (Å²) in [5.74, 6) is 1.21. The van der Waals surface area contributed by atoms with Gasteiger partial charge in [0.2, 0.25) is 0 Å². The van der Waals surface area contributed by atoms with Crippen molar-refractivity contribution in [2.24, 2.45) is 7.05 Å². The van der Waals surface area contributed by atoms with Crippen molar-refractivity contribution >= 4 is 33.3 Å². The van der Waals surface area contributed by atoms with E-state index in [1.807, 2.05) is 19.2 Å². The molecule has 1 N–H and O–H groups in total. The lowest BCUT2D eigenvalue weighted by Gasteiger charge is -2.12. The zero-order valence-corrected chi connectivity index (χ0v) is 16.9. The highest BCUT2D eigenvalue weighted by atomic mass is 32.2. The van der Waals surface area contributed by atoms with Crippen molar-refractivity contribution in [3.05, 3.63) is 40.8 Å². The summed E-state index contributed by atoms with van der Waals surface area (Å²) < 4.78 is 1.81. The van der Waals surface area contributed by atoms with Gasteiger partial charge in [-0.2, -0.15) is 0 Å². The quantitative estimate of drug-likeness (QED) is 0.516. The first-order valence-electron chi connectivity index (χ1n) is 9.14. The van der Waals surface area contributed by atoms with Gasteiger partial charge in [0.1, 0.15) is 16.5 Å². The van der Waals surface area contributed by atoms with Gasteiger partial charge in [0, 0.05) is 35.3 Å². The number of hydrogen-bond donors (Lipinski definition) is 1. The first-order valence-corrected chi connectivity index (χ1v) is 10.8. The topological polar surface area (TPSA) is 89.6 Å². The average molecular weight is 411 g/mol. The van der Waals surface area contributed by atoms with Crippen LogP contribution in [0.4, 0.5) is 0 Å². The van der Waals surface area contributed by atoms with Crippen molar-refractivity contribution in [1.29, 1.82) is 0 Å². The predicted octanol–water partition coefficient (Wildman–Crippen LogP) is 3.40. The maximum atomic E-state index is 9.42. The minimum Gasteiger partial charge on any atom is -0.388 e. The van der Waals surface area contributed by atoms with E-state index in [-0.39, 0.29) is 6.61 Å². The minimum atomic E-state index is -0.141. The van der Waals surface area contributed by atoms with Crippen LogP contribution in [0.1, 0.15) is 29.1 Å². The third kappa shape index (κ3) is 2.99. The molecule has 0 saturated carbocycles. The fourth-order valence-corrected chi connectivity index (χ4v) is 5.76. The summed E-state index contributed by atoms with van der Waals surface area (Å²) in [6.45, 7) is -0.141. The lowest BCUT2D eigenvalue weighted by atomic mass is 9.97. The van der Waals surface area contributed by atoms with Gasteiger partial charge >= 0.3 is 0 Å². The summed E-state index contributed by atoms with van der Waals surface area (Å²) in [5, 5.41) is 20.5. The zero-order chi connectivity index (χ0) is 19.1. The number of thiophene rings is 1. The van der Waals surface area contributed by atoms with Gasteiger partial charge in [-0.15, -0.1) is 21.5 Å². The predicted molar refractivity (Wildman–Crippen MR) is 108 cm³/mol. The Morgan fingerprint density at radius 1 is 1.21 bits per heavy atom. The van der Waals surface area contributed by atoms with Crippen molar-refractivity contribution < 1.29 is 5.11 Å².